The lowest BCUT2D eigenvalue weighted by Crippen LogP contribution is -2.41. The summed E-state index contributed by atoms with van der Waals surface area (Å²) in [4.78, 5) is 17.8. The fourth-order valence-corrected chi connectivity index (χ4v) is 1.43. The highest BCUT2D eigenvalue weighted by Gasteiger charge is 2.25. The second-order valence-electron chi connectivity index (χ2n) is 4.72. The number of amides is 1. The lowest BCUT2D eigenvalue weighted by atomic mass is 10.1. The van der Waals surface area contributed by atoms with Crippen LogP contribution in [0, 0.1) is 0 Å². The number of carbonyl (C=O) groups excluding carboxylic acids is 1. The summed E-state index contributed by atoms with van der Waals surface area (Å²) in [7, 11) is -2.52. The zero-order chi connectivity index (χ0) is 14.7. The highest BCUT2D eigenvalue weighted by Crippen LogP contribution is 2.14. The van der Waals surface area contributed by atoms with Crippen molar-refractivity contribution in [1.82, 2.24) is 4.90 Å². The van der Waals surface area contributed by atoms with E-state index in [1.165, 1.54) is 0 Å². The first-order chi connectivity index (χ1) is 8.57. The molecular weight excluding hydrogens is 208 g/mol. The summed E-state index contributed by atoms with van der Waals surface area (Å²) in [5.41, 5.74) is 0.131. The molecule has 92 valence electrons. The number of oxime groups is 1. The highest BCUT2D eigenvalue weighted by atomic mass is 16.6. The van der Waals surface area contributed by atoms with E-state index in [0.29, 0.717) is 31.6 Å². The van der Waals surface area contributed by atoms with Crippen molar-refractivity contribution < 1.29 is 18.5 Å². The molecule has 16 heavy (non-hydrogen) atoms. The van der Waals surface area contributed by atoms with Crippen LogP contribution < -0.4 is 0 Å². The fraction of sp³-hybridized carbons (Fsp3) is 0.818. The molecule has 0 aromatic rings. The molecule has 0 N–H and O–H groups in total. The molecule has 1 aliphatic rings. The molecule has 0 unspecified atom stereocenters. The Morgan fingerprint density at radius 2 is 2.06 bits per heavy atom. The number of carbonyl (C=O) groups is 1. The van der Waals surface area contributed by atoms with Gasteiger partial charge in [0.1, 0.15) is 12.6 Å². The smallest absolute Gasteiger partial charge is 0.410 e. The van der Waals surface area contributed by atoms with Gasteiger partial charge in [0.25, 0.3) is 0 Å². The van der Waals surface area contributed by atoms with Crippen LogP contribution in [0.4, 0.5) is 4.79 Å². The van der Waals surface area contributed by atoms with Crippen molar-refractivity contribution in [3.05, 3.63) is 0 Å². The van der Waals surface area contributed by atoms with Gasteiger partial charge in [0.15, 0.2) is 0 Å². The van der Waals surface area contributed by atoms with Gasteiger partial charge in [-0.15, -0.1) is 0 Å². The van der Waals surface area contributed by atoms with Gasteiger partial charge < -0.3 is 14.5 Å². The standard InChI is InChI=1S/C11H20N2O3/c1-11(2,3)16-10(14)13-7-5-9(6-8-13)12-15-4/h5-8H2,1-4H3/i4D3. The summed E-state index contributed by atoms with van der Waals surface area (Å²) < 4.78 is 25.9. The maximum Gasteiger partial charge on any atom is 0.410 e. The normalized spacial score (nSPS) is 20.6. The Morgan fingerprint density at radius 1 is 1.44 bits per heavy atom. The first-order valence-electron chi connectivity index (χ1n) is 6.79. The summed E-state index contributed by atoms with van der Waals surface area (Å²) >= 11 is 0. The Bertz CT molecular complexity index is 351. The Labute approximate surface area is 101 Å². The van der Waals surface area contributed by atoms with Gasteiger partial charge in [0.05, 0.1) is 9.82 Å². The maximum absolute atomic E-state index is 11.8. The topological polar surface area (TPSA) is 51.1 Å². The first kappa shape index (κ1) is 8.84. The molecule has 1 amide bonds. The van der Waals surface area contributed by atoms with Gasteiger partial charge in [0.2, 0.25) is 0 Å². The quantitative estimate of drug-likeness (QED) is 0.649. The van der Waals surface area contributed by atoms with Crippen LogP contribution in [0.2, 0.25) is 0 Å². The summed E-state index contributed by atoms with van der Waals surface area (Å²) in [5.74, 6) is 0. The number of piperidine rings is 1. The molecule has 5 nitrogen and oxygen atoms in total. The lowest BCUT2D eigenvalue weighted by Gasteiger charge is -2.30. The predicted molar refractivity (Wildman–Crippen MR) is 61.5 cm³/mol. The molecule has 1 saturated heterocycles. The van der Waals surface area contributed by atoms with Crippen LogP contribution in [0.1, 0.15) is 37.7 Å². The molecule has 1 aliphatic heterocycles. The summed E-state index contributed by atoms with van der Waals surface area (Å²) in [6.45, 7) is 6.35. The van der Waals surface area contributed by atoms with E-state index >= 15 is 0 Å². The average molecular weight is 231 g/mol. The molecule has 0 spiro atoms. The van der Waals surface area contributed by atoms with Gasteiger partial charge >= 0.3 is 6.09 Å². The SMILES string of the molecule is [2H]C([2H])([2H])ON=C1CCN(C(=O)OC(C)(C)C)CC1. The zero-order valence-corrected chi connectivity index (χ0v) is 9.95. The third-order valence-corrected chi connectivity index (χ3v) is 2.17. The van der Waals surface area contributed by atoms with Gasteiger partial charge in [-0.05, 0) is 20.8 Å². The number of nitrogens with zero attached hydrogens (tertiary/aromatic N) is 2. The van der Waals surface area contributed by atoms with Crippen LogP contribution in [-0.4, -0.2) is 42.4 Å². The Kier molecular flexibility index (Phi) is 2.87. The van der Waals surface area contributed by atoms with E-state index in [1.807, 2.05) is 20.8 Å². The third-order valence-electron chi connectivity index (χ3n) is 2.17. The van der Waals surface area contributed by atoms with Gasteiger partial charge in [-0.3, -0.25) is 0 Å². The van der Waals surface area contributed by atoms with E-state index in [4.69, 9.17) is 8.85 Å². The molecule has 0 radical (unpaired) electrons. The minimum Gasteiger partial charge on any atom is -0.444 e. The van der Waals surface area contributed by atoms with Crippen molar-refractivity contribution in [3.63, 3.8) is 0 Å². The van der Waals surface area contributed by atoms with Crippen molar-refractivity contribution in [1.29, 1.82) is 0 Å². The number of hydrogen-bond acceptors (Lipinski definition) is 4. The monoisotopic (exact) mass is 231 g/mol. The van der Waals surface area contributed by atoms with Crippen LogP contribution in [0.3, 0.4) is 0 Å². The van der Waals surface area contributed by atoms with Crippen molar-refractivity contribution in [3.8, 4) is 0 Å². The van der Waals surface area contributed by atoms with Crippen LogP contribution >= 0.6 is 0 Å². The van der Waals surface area contributed by atoms with Gasteiger partial charge in [-0.2, -0.15) is 0 Å². The Balaban J connectivity index is 2.43. The first-order valence-corrected chi connectivity index (χ1v) is 5.29. The van der Waals surface area contributed by atoms with Crippen LogP contribution in [0.5, 0.6) is 0 Å². The molecule has 0 saturated carbocycles. The Morgan fingerprint density at radius 3 is 2.56 bits per heavy atom. The van der Waals surface area contributed by atoms with E-state index in [0.717, 1.165) is 0 Å². The van der Waals surface area contributed by atoms with E-state index in [2.05, 4.69) is 9.99 Å². The van der Waals surface area contributed by atoms with Crippen molar-refractivity contribution in [2.24, 2.45) is 5.16 Å². The van der Waals surface area contributed by atoms with E-state index in [-0.39, 0.29) is 6.09 Å². The van der Waals surface area contributed by atoms with Gasteiger partial charge in [-0.25, -0.2) is 4.79 Å². The van der Waals surface area contributed by atoms with Crippen LogP contribution in [0.25, 0.3) is 0 Å². The predicted octanol–water partition coefficient (Wildman–Crippen LogP) is 2.02. The molecular formula is C11H20N2O3. The van der Waals surface area contributed by atoms with E-state index < -0.39 is 12.6 Å². The van der Waals surface area contributed by atoms with Crippen molar-refractivity contribution in [2.75, 3.05) is 20.1 Å². The Hall–Kier alpha value is -1.26. The third kappa shape index (κ3) is 4.08. The summed E-state index contributed by atoms with van der Waals surface area (Å²) in [5, 5.41) is 3.60. The number of rotatable bonds is 1. The van der Waals surface area contributed by atoms with Gasteiger partial charge in [0, 0.05) is 25.9 Å². The van der Waals surface area contributed by atoms with Crippen LogP contribution in [0.15, 0.2) is 5.16 Å². The minimum absolute atomic E-state index is 0.358. The molecule has 0 atom stereocenters. The maximum atomic E-state index is 11.8. The fourth-order valence-electron chi connectivity index (χ4n) is 1.43. The second kappa shape index (κ2) is 5.18. The number of likely N-dealkylation sites (tertiary alicyclic amines) is 1. The van der Waals surface area contributed by atoms with E-state index in [1.54, 1.807) is 4.90 Å². The zero-order valence-electron chi connectivity index (χ0n) is 12.9. The lowest BCUT2D eigenvalue weighted by molar-refractivity contribution is 0.0247. The molecule has 1 rings (SSSR count). The van der Waals surface area contributed by atoms with E-state index in [9.17, 15) is 4.79 Å². The van der Waals surface area contributed by atoms with Crippen LogP contribution in [-0.2, 0) is 9.57 Å². The van der Waals surface area contributed by atoms with Crippen molar-refractivity contribution >= 4 is 11.8 Å². The second-order valence-corrected chi connectivity index (χ2v) is 4.72. The molecule has 1 heterocycles. The summed E-state index contributed by atoms with van der Waals surface area (Å²) in [6, 6.07) is 0. The number of hydrogen-bond donors (Lipinski definition) is 0. The molecule has 0 bridgehead atoms. The minimum atomic E-state index is -2.52. The average Bonchev–Trinajstić information content (AvgIpc) is 2.23. The molecule has 0 aromatic heterocycles. The molecule has 0 aromatic carbocycles. The summed E-state index contributed by atoms with van der Waals surface area (Å²) in [6.07, 6.45) is 0.633. The van der Waals surface area contributed by atoms with Gasteiger partial charge in [-0.1, -0.05) is 5.16 Å². The highest BCUT2D eigenvalue weighted by molar-refractivity contribution is 5.86. The molecule has 0 aliphatic carbocycles. The largest absolute Gasteiger partial charge is 0.444 e. The molecule has 1 fully saturated rings. The molecule has 5 heteroatoms. The number of ether oxygens (including phenoxy) is 1. The van der Waals surface area contributed by atoms with Crippen molar-refractivity contribution in [2.45, 2.75) is 39.2 Å².